The largest absolute Gasteiger partial charge is 0.351 e. The van der Waals surface area contributed by atoms with E-state index in [-0.39, 0.29) is 5.91 Å². The molecule has 5 nitrogen and oxygen atoms in total. The molecule has 1 unspecified atom stereocenters. The van der Waals surface area contributed by atoms with E-state index in [1.165, 1.54) is 0 Å². The minimum absolute atomic E-state index is 0.350. The highest BCUT2D eigenvalue weighted by Crippen LogP contribution is 2.11. The summed E-state index contributed by atoms with van der Waals surface area (Å²) < 4.78 is 0. The third-order valence-electron chi connectivity index (χ3n) is 3.15. The van der Waals surface area contributed by atoms with Gasteiger partial charge in [0.1, 0.15) is 5.92 Å². The van der Waals surface area contributed by atoms with Crippen LogP contribution in [0.4, 0.5) is 0 Å². The van der Waals surface area contributed by atoms with E-state index in [2.05, 4.69) is 12.2 Å². The highest BCUT2D eigenvalue weighted by Gasteiger charge is 2.25. The van der Waals surface area contributed by atoms with Crippen molar-refractivity contribution >= 4 is 11.8 Å². The fourth-order valence-electron chi connectivity index (χ4n) is 1.97. The van der Waals surface area contributed by atoms with E-state index in [1.54, 1.807) is 5.48 Å². The number of rotatable bonds is 8. The predicted octanol–water partition coefficient (Wildman–Crippen LogP) is 2.00. The molecule has 0 radical (unpaired) electrons. The van der Waals surface area contributed by atoms with Crippen LogP contribution in [-0.4, -0.2) is 17.0 Å². The zero-order valence-electron chi connectivity index (χ0n) is 11.8. The minimum atomic E-state index is -0.838. The number of hydrogen-bond donors (Lipinski definition) is 3. The molecule has 1 aromatic carbocycles. The van der Waals surface area contributed by atoms with Crippen LogP contribution in [0, 0.1) is 5.92 Å². The summed E-state index contributed by atoms with van der Waals surface area (Å²) in [6.07, 6.45) is 3.20. The molecule has 110 valence electrons. The standard InChI is InChI=1S/C15H22N2O3/c1-2-3-5-10-13(15(19)17-20)14(18)16-11-12-8-6-4-7-9-12/h4,6-9,13,20H,2-3,5,10-11H2,1H3,(H,16,18)(H,17,19). The van der Waals surface area contributed by atoms with Crippen molar-refractivity contribution in [3.8, 4) is 0 Å². The van der Waals surface area contributed by atoms with Gasteiger partial charge in [0.25, 0.3) is 5.91 Å². The zero-order valence-corrected chi connectivity index (χ0v) is 11.8. The Bertz CT molecular complexity index is 420. The number of benzene rings is 1. The van der Waals surface area contributed by atoms with E-state index in [9.17, 15) is 9.59 Å². The Kier molecular flexibility index (Phi) is 7.35. The maximum absolute atomic E-state index is 12.0. The summed E-state index contributed by atoms with van der Waals surface area (Å²) in [5, 5.41) is 11.4. The summed E-state index contributed by atoms with van der Waals surface area (Å²) in [5.74, 6) is -1.83. The second kappa shape index (κ2) is 9.09. The van der Waals surface area contributed by atoms with Gasteiger partial charge in [-0.15, -0.1) is 0 Å². The number of nitrogens with one attached hydrogen (secondary N) is 2. The van der Waals surface area contributed by atoms with Gasteiger partial charge in [0, 0.05) is 6.54 Å². The number of hydrogen-bond acceptors (Lipinski definition) is 3. The first-order valence-electron chi connectivity index (χ1n) is 6.94. The molecular formula is C15H22N2O3. The molecule has 0 heterocycles. The summed E-state index contributed by atoms with van der Waals surface area (Å²) in [6, 6.07) is 9.48. The van der Waals surface area contributed by atoms with Crippen molar-refractivity contribution in [1.82, 2.24) is 10.8 Å². The zero-order chi connectivity index (χ0) is 14.8. The van der Waals surface area contributed by atoms with E-state index in [4.69, 9.17) is 5.21 Å². The summed E-state index contributed by atoms with van der Waals surface area (Å²) in [4.78, 5) is 23.6. The summed E-state index contributed by atoms with van der Waals surface area (Å²) in [7, 11) is 0. The molecule has 0 saturated heterocycles. The van der Waals surface area contributed by atoms with Crippen molar-refractivity contribution in [1.29, 1.82) is 0 Å². The molecule has 1 rings (SSSR count). The molecule has 1 aromatic rings. The van der Waals surface area contributed by atoms with Crippen LogP contribution in [0.15, 0.2) is 30.3 Å². The predicted molar refractivity (Wildman–Crippen MR) is 75.8 cm³/mol. The van der Waals surface area contributed by atoms with Crippen LogP contribution in [0.2, 0.25) is 0 Å². The number of hydroxylamine groups is 1. The molecule has 0 fully saturated rings. The third kappa shape index (κ3) is 5.40. The number of unbranched alkanes of at least 4 members (excludes halogenated alkanes) is 2. The van der Waals surface area contributed by atoms with Crippen LogP contribution in [-0.2, 0) is 16.1 Å². The molecule has 2 amide bonds. The van der Waals surface area contributed by atoms with E-state index in [1.807, 2.05) is 30.3 Å². The van der Waals surface area contributed by atoms with E-state index in [0.717, 1.165) is 24.8 Å². The first kappa shape index (κ1) is 16.2. The quantitative estimate of drug-likeness (QED) is 0.294. The second-order valence-corrected chi connectivity index (χ2v) is 4.73. The monoisotopic (exact) mass is 278 g/mol. The van der Waals surface area contributed by atoms with Crippen LogP contribution < -0.4 is 10.8 Å². The molecule has 20 heavy (non-hydrogen) atoms. The smallest absolute Gasteiger partial charge is 0.255 e. The van der Waals surface area contributed by atoms with Gasteiger partial charge < -0.3 is 5.32 Å². The maximum Gasteiger partial charge on any atom is 0.255 e. The highest BCUT2D eigenvalue weighted by atomic mass is 16.5. The third-order valence-corrected chi connectivity index (χ3v) is 3.15. The Labute approximate surface area is 119 Å². The van der Waals surface area contributed by atoms with Crippen molar-refractivity contribution < 1.29 is 14.8 Å². The van der Waals surface area contributed by atoms with Gasteiger partial charge in [-0.2, -0.15) is 0 Å². The molecule has 0 aromatic heterocycles. The molecule has 0 aliphatic rings. The fourth-order valence-corrected chi connectivity index (χ4v) is 1.97. The Balaban J connectivity index is 2.52. The summed E-state index contributed by atoms with van der Waals surface area (Å²) in [5.41, 5.74) is 2.54. The van der Waals surface area contributed by atoms with Gasteiger partial charge >= 0.3 is 0 Å². The van der Waals surface area contributed by atoms with Crippen molar-refractivity contribution in [2.75, 3.05) is 0 Å². The van der Waals surface area contributed by atoms with Crippen molar-refractivity contribution in [3.63, 3.8) is 0 Å². The SMILES string of the molecule is CCCCCC(C(=O)NO)C(=O)NCc1ccccc1. The molecule has 5 heteroatoms. The number of carbonyl (C=O) groups excluding carboxylic acids is 2. The molecule has 0 spiro atoms. The maximum atomic E-state index is 12.0. The Morgan fingerprint density at radius 2 is 1.85 bits per heavy atom. The second-order valence-electron chi connectivity index (χ2n) is 4.73. The Hall–Kier alpha value is -1.88. The van der Waals surface area contributed by atoms with E-state index < -0.39 is 11.8 Å². The fraction of sp³-hybridized carbons (Fsp3) is 0.467. The van der Waals surface area contributed by atoms with Gasteiger partial charge in [-0.3, -0.25) is 14.8 Å². The van der Waals surface area contributed by atoms with Crippen molar-refractivity contribution in [2.24, 2.45) is 5.92 Å². The van der Waals surface area contributed by atoms with Crippen LogP contribution in [0.3, 0.4) is 0 Å². The lowest BCUT2D eigenvalue weighted by Crippen LogP contribution is -2.40. The number of amides is 2. The van der Waals surface area contributed by atoms with Crippen LogP contribution >= 0.6 is 0 Å². The van der Waals surface area contributed by atoms with Crippen LogP contribution in [0.1, 0.15) is 38.2 Å². The van der Waals surface area contributed by atoms with Crippen molar-refractivity contribution in [3.05, 3.63) is 35.9 Å². The van der Waals surface area contributed by atoms with Gasteiger partial charge in [0.2, 0.25) is 5.91 Å². The molecular weight excluding hydrogens is 256 g/mol. The first-order chi connectivity index (χ1) is 9.69. The topological polar surface area (TPSA) is 78.4 Å². The molecule has 3 N–H and O–H groups in total. The Morgan fingerprint density at radius 1 is 1.15 bits per heavy atom. The molecule has 0 aliphatic heterocycles. The molecule has 0 aliphatic carbocycles. The first-order valence-corrected chi connectivity index (χ1v) is 6.94. The Morgan fingerprint density at radius 3 is 2.45 bits per heavy atom. The lowest BCUT2D eigenvalue weighted by Gasteiger charge is -2.14. The van der Waals surface area contributed by atoms with E-state index >= 15 is 0 Å². The summed E-state index contributed by atoms with van der Waals surface area (Å²) in [6.45, 7) is 2.43. The average molecular weight is 278 g/mol. The lowest BCUT2D eigenvalue weighted by atomic mass is 9.99. The van der Waals surface area contributed by atoms with Gasteiger partial charge in [0.15, 0.2) is 0 Å². The minimum Gasteiger partial charge on any atom is -0.351 e. The average Bonchev–Trinajstić information content (AvgIpc) is 2.49. The van der Waals surface area contributed by atoms with Gasteiger partial charge in [-0.05, 0) is 12.0 Å². The number of carbonyl (C=O) groups is 2. The van der Waals surface area contributed by atoms with E-state index in [0.29, 0.717) is 13.0 Å². The molecule has 1 atom stereocenters. The van der Waals surface area contributed by atoms with Crippen molar-refractivity contribution in [2.45, 2.75) is 39.2 Å². The normalized spacial score (nSPS) is 11.7. The van der Waals surface area contributed by atoms with Gasteiger partial charge in [-0.25, -0.2) is 5.48 Å². The molecule has 0 saturated carbocycles. The lowest BCUT2D eigenvalue weighted by molar-refractivity contribution is -0.141. The van der Waals surface area contributed by atoms with Crippen LogP contribution in [0.25, 0.3) is 0 Å². The van der Waals surface area contributed by atoms with Crippen LogP contribution in [0.5, 0.6) is 0 Å². The molecule has 0 bridgehead atoms. The van der Waals surface area contributed by atoms with Gasteiger partial charge in [0.05, 0.1) is 0 Å². The highest BCUT2D eigenvalue weighted by molar-refractivity contribution is 5.99. The van der Waals surface area contributed by atoms with Gasteiger partial charge in [-0.1, -0.05) is 56.5 Å². The summed E-state index contributed by atoms with van der Waals surface area (Å²) >= 11 is 0.